The summed E-state index contributed by atoms with van der Waals surface area (Å²) in [4.78, 5) is 20.1. The van der Waals surface area contributed by atoms with Gasteiger partial charge in [-0.1, -0.05) is 286 Å². The Morgan fingerprint density at radius 3 is 1.16 bits per heavy atom. The first-order valence-electron chi connectivity index (χ1n) is 33.7. The molecule has 2 heterocycles. The van der Waals surface area contributed by atoms with E-state index in [4.69, 9.17) is 19.9 Å². The van der Waals surface area contributed by atoms with E-state index >= 15 is 0 Å². The van der Waals surface area contributed by atoms with Crippen molar-refractivity contribution in [1.82, 2.24) is 19.9 Å². The fourth-order valence-corrected chi connectivity index (χ4v) is 12.9. The minimum atomic E-state index is 0.708. The van der Waals surface area contributed by atoms with E-state index in [0.29, 0.717) is 5.82 Å². The van der Waals surface area contributed by atoms with Crippen LogP contribution in [0.4, 0.5) is 0 Å². The van der Waals surface area contributed by atoms with Crippen molar-refractivity contribution in [1.29, 1.82) is 0 Å². The van der Waals surface area contributed by atoms with Crippen LogP contribution in [0, 0.1) is 41.5 Å². The first-order valence-corrected chi connectivity index (χ1v) is 33.7. The van der Waals surface area contributed by atoms with Gasteiger partial charge in [-0.05, 0) is 198 Å². The molecule has 2 aromatic heterocycles. The van der Waals surface area contributed by atoms with Gasteiger partial charge in [-0.25, -0.2) is 19.9 Å². The molecular weight excluding hydrogens is 1140 g/mol. The lowest BCUT2D eigenvalue weighted by atomic mass is 9.92. The second-order valence-corrected chi connectivity index (χ2v) is 25.6. The SMILES string of the molecule is CCCCCCCCCCc1cnc(-c2cc(-c3cccc(-c4ccc(C)cc4)c3)cc(-c3cccc(-c4cc(C)cc(C)c4)c3)c2)nc1.Cc1cc(C)cc(-c2cccc(-c3cccc(-c4nc(-c5ccccc5)cc(-c5cccc(-c6ccccc6C)c5)n4)c3)c2)c1. The molecule has 0 aliphatic rings. The van der Waals surface area contributed by atoms with Crippen molar-refractivity contribution in [3.05, 3.63) is 312 Å². The fraction of sp³-hybridized carbons (Fsp3) is 0.178. The Morgan fingerprint density at radius 1 is 0.245 bits per heavy atom. The lowest BCUT2D eigenvalue weighted by Crippen LogP contribution is -1.96. The Hall–Kier alpha value is -10.4. The van der Waals surface area contributed by atoms with Crippen LogP contribution in [0.15, 0.2) is 273 Å². The van der Waals surface area contributed by atoms with Crippen LogP contribution >= 0.6 is 0 Å². The Kier molecular flexibility index (Phi) is 20.6. The minimum Gasteiger partial charge on any atom is -0.236 e. The molecule has 0 saturated carbocycles. The van der Waals surface area contributed by atoms with Gasteiger partial charge in [0.2, 0.25) is 0 Å². The number of rotatable bonds is 20. The third-order valence-corrected chi connectivity index (χ3v) is 17.8. The van der Waals surface area contributed by atoms with E-state index in [1.54, 1.807) is 0 Å². The van der Waals surface area contributed by atoms with Crippen LogP contribution in [0.3, 0.4) is 0 Å². The predicted molar refractivity (Wildman–Crippen MR) is 399 cm³/mol. The Morgan fingerprint density at radius 2 is 0.628 bits per heavy atom. The van der Waals surface area contributed by atoms with Crippen LogP contribution in [0.2, 0.25) is 0 Å². The van der Waals surface area contributed by atoms with Gasteiger partial charge in [-0.3, -0.25) is 0 Å². The number of aromatic nitrogens is 4. The molecular formula is C90H84N4. The minimum absolute atomic E-state index is 0.708. The van der Waals surface area contributed by atoms with Crippen LogP contribution in [0.25, 0.3) is 123 Å². The summed E-state index contributed by atoms with van der Waals surface area (Å²) in [5.41, 5.74) is 31.5. The highest BCUT2D eigenvalue weighted by Crippen LogP contribution is 2.38. The third-order valence-electron chi connectivity index (χ3n) is 17.8. The van der Waals surface area contributed by atoms with E-state index in [0.717, 1.165) is 62.6 Å². The smallest absolute Gasteiger partial charge is 0.160 e. The second-order valence-electron chi connectivity index (χ2n) is 25.6. The number of nitrogens with zero attached hydrogens (tertiary/aromatic N) is 4. The Labute approximate surface area is 558 Å². The van der Waals surface area contributed by atoms with Crippen molar-refractivity contribution in [2.45, 2.75) is 106 Å². The standard InChI is InChI=1S/C47H50N2.C43H34N2/c1-5-6-7-8-9-10-11-12-15-37-32-48-47(49-33-37)46-30-44(41-18-13-16-39(27-41)38-22-20-34(2)21-23-38)29-45(31-46)42-19-14-17-40(28-42)43-25-35(3)24-36(4)26-43;1-29-22-30(2)24-39(23-29)35-17-9-15-33(25-35)34-16-10-20-38(26-34)43-44-41(32-13-5-4-6-14-32)28-42(45-43)37-19-11-18-36(27-37)40-21-8-7-12-31(40)3/h13-14,16-33H,5-12,15H2,1-4H3;4-28H,1-3H3. The van der Waals surface area contributed by atoms with Crippen molar-refractivity contribution >= 4 is 0 Å². The van der Waals surface area contributed by atoms with Gasteiger partial charge in [0.05, 0.1) is 11.4 Å². The van der Waals surface area contributed by atoms with E-state index < -0.39 is 0 Å². The molecule has 0 fully saturated rings. The Bertz CT molecular complexity index is 4670. The highest BCUT2D eigenvalue weighted by Gasteiger charge is 2.16. The molecule has 0 unspecified atom stereocenters. The lowest BCUT2D eigenvalue weighted by Gasteiger charge is -2.13. The molecule has 4 nitrogen and oxygen atoms in total. The van der Waals surface area contributed by atoms with Crippen LogP contribution in [-0.2, 0) is 6.42 Å². The molecule has 94 heavy (non-hydrogen) atoms. The topological polar surface area (TPSA) is 51.6 Å². The molecule has 0 bridgehead atoms. The predicted octanol–water partition coefficient (Wildman–Crippen LogP) is 24.8. The summed E-state index contributed by atoms with van der Waals surface area (Å²) in [6.07, 6.45) is 15.7. The molecule has 0 radical (unpaired) electrons. The zero-order chi connectivity index (χ0) is 64.8. The summed E-state index contributed by atoms with van der Waals surface area (Å²) < 4.78 is 0. The molecule has 11 aromatic carbocycles. The van der Waals surface area contributed by atoms with Gasteiger partial charge in [0, 0.05) is 34.6 Å². The summed E-state index contributed by atoms with van der Waals surface area (Å²) >= 11 is 0. The zero-order valence-electron chi connectivity index (χ0n) is 55.6. The molecule has 13 aromatic rings. The number of hydrogen-bond donors (Lipinski definition) is 0. The van der Waals surface area contributed by atoms with E-state index in [2.05, 4.69) is 303 Å². The van der Waals surface area contributed by atoms with Crippen molar-refractivity contribution in [2.75, 3.05) is 0 Å². The van der Waals surface area contributed by atoms with Gasteiger partial charge in [-0.2, -0.15) is 0 Å². The molecule has 13 rings (SSSR count). The molecule has 4 heteroatoms. The van der Waals surface area contributed by atoms with Crippen LogP contribution in [0.1, 0.15) is 97.2 Å². The lowest BCUT2D eigenvalue weighted by molar-refractivity contribution is 0.575. The molecule has 0 saturated heterocycles. The molecule has 0 aliphatic heterocycles. The van der Waals surface area contributed by atoms with Crippen molar-refractivity contribution < 1.29 is 0 Å². The van der Waals surface area contributed by atoms with Gasteiger partial charge in [0.1, 0.15) is 0 Å². The van der Waals surface area contributed by atoms with Crippen molar-refractivity contribution in [3.63, 3.8) is 0 Å². The van der Waals surface area contributed by atoms with Gasteiger partial charge in [0.15, 0.2) is 11.6 Å². The maximum atomic E-state index is 5.16. The zero-order valence-corrected chi connectivity index (χ0v) is 55.6. The molecule has 0 aliphatic carbocycles. The normalized spacial score (nSPS) is 11.1. The van der Waals surface area contributed by atoms with E-state index in [1.807, 2.05) is 18.5 Å². The van der Waals surface area contributed by atoms with Crippen LogP contribution in [0.5, 0.6) is 0 Å². The summed E-state index contributed by atoms with van der Waals surface area (Å²) in [6, 6.07) is 93.8. The average molecular weight is 1220 g/mol. The second kappa shape index (κ2) is 30.3. The summed E-state index contributed by atoms with van der Waals surface area (Å²) in [5.74, 6) is 1.47. The van der Waals surface area contributed by atoms with E-state index in [1.165, 1.54) is 152 Å². The largest absolute Gasteiger partial charge is 0.236 e. The van der Waals surface area contributed by atoms with E-state index in [9.17, 15) is 0 Å². The third kappa shape index (κ3) is 16.2. The van der Waals surface area contributed by atoms with Crippen LogP contribution in [-0.4, -0.2) is 19.9 Å². The molecule has 0 N–H and O–H groups in total. The summed E-state index contributed by atoms with van der Waals surface area (Å²) in [6.45, 7) is 15.2. The van der Waals surface area contributed by atoms with Crippen molar-refractivity contribution in [2.24, 2.45) is 0 Å². The van der Waals surface area contributed by atoms with Crippen LogP contribution < -0.4 is 0 Å². The molecule has 0 spiro atoms. The average Bonchev–Trinajstić information content (AvgIpc) is 0.824. The number of unbranched alkanes of at least 4 members (excludes halogenated alkanes) is 7. The summed E-state index contributed by atoms with van der Waals surface area (Å²) in [5, 5.41) is 0. The molecule has 464 valence electrons. The van der Waals surface area contributed by atoms with Crippen molar-refractivity contribution in [3.8, 4) is 123 Å². The fourth-order valence-electron chi connectivity index (χ4n) is 12.9. The number of aryl methyl sites for hydroxylation is 7. The van der Waals surface area contributed by atoms with Gasteiger partial charge in [-0.15, -0.1) is 0 Å². The van der Waals surface area contributed by atoms with Gasteiger partial charge >= 0.3 is 0 Å². The maximum Gasteiger partial charge on any atom is 0.160 e. The highest BCUT2D eigenvalue weighted by molar-refractivity contribution is 5.84. The number of benzene rings is 11. The highest BCUT2D eigenvalue weighted by atomic mass is 14.9. The summed E-state index contributed by atoms with van der Waals surface area (Å²) in [7, 11) is 0. The van der Waals surface area contributed by atoms with E-state index in [-0.39, 0.29) is 0 Å². The number of hydrogen-bond acceptors (Lipinski definition) is 4. The molecule has 0 amide bonds. The first-order chi connectivity index (χ1) is 45.9. The van der Waals surface area contributed by atoms with Gasteiger partial charge in [0.25, 0.3) is 0 Å². The molecule has 0 atom stereocenters. The quantitative estimate of drug-likeness (QED) is 0.0714. The maximum absolute atomic E-state index is 5.16. The first kappa shape index (κ1) is 63.7. The monoisotopic (exact) mass is 1220 g/mol. The Balaban J connectivity index is 0.000000181. The van der Waals surface area contributed by atoms with Gasteiger partial charge < -0.3 is 0 Å².